The highest BCUT2D eigenvalue weighted by Gasteiger charge is 2.32. The second-order valence-electron chi connectivity index (χ2n) is 4.81. The summed E-state index contributed by atoms with van der Waals surface area (Å²) in [5.74, 6) is -0.411. The summed E-state index contributed by atoms with van der Waals surface area (Å²) < 4.78 is 18.2. The highest BCUT2D eigenvalue weighted by Crippen LogP contribution is 2.32. The molecule has 0 saturated carbocycles. The smallest absolute Gasteiger partial charge is 0.242 e. The van der Waals surface area contributed by atoms with Crippen molar-refractivity contribution in [2.75, 3.05) is 20.3 Å². The van der Waals surface area contributed by atoms with E-state index in [1.54, 1.807) is 11.0 Å². The molecule has 1 heterocycles. The molecule has 0 radical (unpaired) electrons. The van der Waals surface area contributed by atoms with Crippen molar-refractivity contribution in [1.82, 2.24) is 4.90 Å². The third-order valence-corrected chi connectivity index (χ3v) is 3.43. The summed E-state index contributed by atoms with van der Waals surface area (Å²) >= 11 is 0. The minimum absolute atomic E-state index is 0.0777. The highest BCUT2D eigenvalue weighted by atomic mass is 19.1. The van der Waals surface area contributed by atoms with Crippen LogP contribution >= 0.6 is 0 Å². The topological polar surface area (TPSA) is 55.6 Å². The third-order valence-electron chi connectivity index (χ3n) is 3.43. The lowest BCUT2D eigenvalue weighted by Crippen LogP contribution is -2.45. The van der Waals surface area contributed by atoms with E-state index < -0.39 is 6.04 Å². The lowest BCUT2D eigenvalue weighted by atomic mass is 10.0. The van der Waals surface area contributed by atoms with E-state index in [1.165, 1.54) is 19.2 Å². The van der Waals surface area contributed by atoms with Crippen LogP contribution in [0.25, 0.3) is 0 Å². The van der Waals surface area contributed by atoms with Crippen molar-refractivity contribution in [1.29, 1.82) is 0 Å². The molecule has 1 amide bonds. The number of carbonyl (C=O) groups excluding carboxylic acids is 1. The minimum atomic E-state index is -0.654. The molecule has 5 heteroatoms. The van der Waals surface area contributed by atoms with Gasteiger partial charge in [0.05, 0.1) is 12.6 Å². The molecule has 0 aliphatic carbocycles. The number of hydrogen-bond donors (Lipinski definition) is 1. The Bertz CT molecular complexity index is 453. The van der Waals surface area contributed by atoms with Crippen molar-refractivity contribution in [2.45, 2.75) is 24.9 Å². The Morgan fingerprint density at radius 3 is 3.11 bits per heavy atom. The summed E-state index contributed by atoms with van der Waals surface area (Å²) in [6.45, 7) is 0.864. The number of rotatable bonds is 4. The van der Waals surface area contributed by atoms with Crippen LogP contribution in [0.1, 0.15) is 24.4 Å². The van der Waals surface area contributed by atoms with Crippen LogP contribution in [0, 0.1) is 5.82 Å². The van der Waals surface area contributed by atoms with Gasteiger partial charge in [0, 0.05) is 13.7 Å². The fourth-order valence-electron chi connectivity index (χ4n) is 2.55. The Labute approximate surface area is 112 Å². The molecule has 1 fully saturated rings. The molecule has 1 saturated heterocycles. The van der Waals surface area contributed by atoms with Gasteiger partial charge in [-0.05, 0) is 30.5 Å². The Morgan fingerprint density at radius 1 is 1.63 bits per heavy atom. The first kappa shape index (κ1) is 14.0. The summed E-state index contributed by atoms with van der Waals surface area (Å²) in [6, 6.07) is 5.67. The zero-order valence-electron chi connectivity index (χ0n) is 11.0. The molecule has 0 aromatic heterocycles. The van der Waals surface area contributed by atoms with E-state index in [0.717, 1.165) is 18.4 Å². The van der Waals surface area contributed by atoms with E-state index in [9.17, 15) is 9.18 Å². The number of halogens is 1. The van der Waals surface area contributed by atoms with Crippen LogP contribution in [0.2, 0.25) is 0 Å². The molecular weight excluding hydrogens is 247 g/mol. The highest BCUT2D eigenvalue weighted by molar-refractivity contribution is 5.82. The van der Waals surface area contributed by atoms with Crippen molar-refractivity contribution in [3.05, 3.63) is 35.6 Å². The Morgan fingerprint density at radius 2 is 2.42 bits per heavy atom. The maximum atomic E-state index is 13.3. The molecule has 104 valence electrons. The molecule has 19 heavy (non-hydrogen) atoms. The van der Waals surface area contributed by atoms with Crippen molar-refractivity contribution >= 4 is 5.91 Å². The monoisotopic (exact) mass is 266 g/mol. The normalized spacial score (nSPS) is 20.6. The lowest BCUT2D eigenvalue weighted by Gasteiger charge is -2.27. The van der Waals surface area contributed by atoms with Gasteiger partial charge in [-0.15, -0.1) is 0 Å². The zero-order valence-corrected chi connectivity index (χ0v) is 11.0. The Hall–Kier alpha value is -1.46. The third kappa shape index (κ3) is 3.11. The number of methoxy groups -OCH3 is 1. The molecular formula is C14H19FN2O2. The van der Waals surface area contributed by atoms with Gasteiger partial charge in [0.1, 0.15) is 11.9 Å². The van der Waals surface area contributed by atoms with Crippen LogP contribution in [0.5, 0.6) is 0 Å². The Kier molecular flexibility index (Phi) is 4.50. The van der Waals surface area contributed by atoms with Crippen LogP contribution in [-0.4, -0.2) is 37.1 Å². The fraction of sp³-hybridized carbons (Fsp3) is 0.500. The number of nitrogens with two attached hydrogens (primary N) is 1. The average Bonchev–Trinajstić information content (AvgIpc) is 2.87. The predicted octanol–water partition coefficient (Wildman–Crippen LogP) is 1.46. The largest absolute Gasteiger partial charge is 0.383 e. The van der Waals surface area contributed by atoms with Gasteiger partial charge in [-0.25, -0.2) is 4.39 Å². The number of ether oxygens (including phenoxy) is 1. The van der Waals surface area contributed by atoms with Gasteiger partial charge in [-0.2, -0.15) is 0 Å². The quantitative estimate of drug-likeness (QED) is 0.897. The van der Waals surface area contributed by atoms with Crippen LogP contribution in [0.15, 0.2) is 24.3 Å². The van der Waals surface area contributed by atoms with Gasteiger partial charge < -0.3 is 15.4 Å². The van der Waals surface area contributed by atoms with Crippen LogP contribution in [0.4, 0.5) is 4.39 Å². The molecule has 2 rings (SSSR count). The summed E-state index contributed by atoms with van der Waals surface area (Å²) in [5.41, 5.74) is 6.62. The van der Waals surface area contributed by atoms with E-state index in [-0.39, 0.29) is 24.4 Å². The first-order valence-corrected chi connectivity index (χ1v) is 6.44. The zero-order chi connectivity index (χ0) is 13.8. The van der Waals surface area contributed by atoms with Crippen molar-refractivity contribution in [3.63, 3.8) is 0 Å². The lowest BCUT2D eigenvalue weighted by molar-refractivity contribution is -0.134. The maximum absolute atomic E-state index is 13.3. The number of amides is 1. The molecule has 2 atom stereocenters. The standard InChI is InChI=1S/C14H19FN2O2/c1-19-9-12(16)14(18)17-7-3-6-13(17)10-4-2-5-11(15)8-10/h2,4-5,8,12-13H,3,6-7,9,16H2,1H3. The molecule has 1 aliphatic rings. The molecule has 1 aromatic rings. The summed E-state index contributed by atoms with van der Waals surface area (Å²) in [4.78, 5) is 14.0. The van der Waals surface area contributed by atoms with E-state index in [1.807, 2.05) is 6.07 Å². The van der Waals surface area contributed by atoms with E-state index in [4.69, 9.17) is 10.5 Å². The predicted molar refractivity (Wildman–Crippen MR) is 69.9 cm³/mol. The molecule has 0 bridgehead atoms. The molecule has 1 aliphatic heterocycles. The van der Waals surface area contributed by atoms with Gasteiger partial charge >= 0.3 is 0 Å². The van der Waals surface area contributed by atoms with Gasteiger partial charge in [0.2, 0.25) is 5.91 Å². The van der Waals surface area contributed by atoms with Crippen LogP contribution in [-0.2, 0) is 9.53 Å². The van der Waals surface area contributed by atoms with E-state index in [0.29, 0.717) is 6.54 Å². The van der Waals surface area contributed by atoms with E-state index >= 15 is 0 Å². The first-order valence-electron chi connectivity index (χ1n) is 6.44. The molecule has 1 aromatic carbocycles. The van der Waals surface area contributed by atoms with Gasteiger partial charge in [0.25, 0.3) is 0 Å². The average molecular weight is 266 g/mol. The fourth-order valence-corrected chi connectivity index (χ4v) is 2.55. The maximum Gasteiger partial charge on any atom is 0.242 e. The summed E-state index contributed by atoms with van der Waals surface area (Å²) in [6.07, 6.45) is 1.75. The van der Waals surface area contributed by atoms with Crippen LogP contribution < -0.4 is 5.73 Å². The molecule has 2 N–H and O–H groups in total. The minimum Gasteiger partial charge on any atom is -0.383 e. The first-order chi connectivity index (χ1) is 9.13. The number of likely N-dealkylation sites (tertiary alicyclic amines) is 1. The van der Waals surface area contributed by atoms with Gasteiger partial charge in [-0.3, -0.25) is 4.79 Å². The number of hydrogen-bond acceptors (Lipinski definition) is 3. The molecule has 0 spiro atoms. The van der Waals surface area contributed by atoms with Crippen molar-refractivity contribution < 1.29 is 13.9 Å². The number of carbonyl (C=O) groups is 1. The van der Waals surface area contributed by atoms with Crippen molar-refractivity contribution in [3.8, 4) is 0 Å². The van der Waals surface area contributed by atoms with E-state index in [2.05, 4.69) is 0 Å². The number of nitrogens with zero attached hydrogens (tertiary/aromatic N) is 1. The number of benzene rings is 1. The van der Waals surface area contributed by atoms with Gasteiger partial charge in [-0.1, -0.05) is 12.1 Å². The second-order valence-corrected chi connectivity index (χ2v) is 4.81. The SMILES string of the molecule is COCC(N)C(=O)N1CCCC1c1cccc(F)c1. The second kappa shape index (κ2) is 6.12. The Balaban J connectivity index is 2.15. The van der Waals surface area contributed by atoms with Gasteiger partial charge in [0.15, 0.2) is 0 Å². The van der Waals surface area contributed by atoms with Crippen molar-refractivity contribution in [2.24, 2.45) is 5.73 Å². The summed E-state index contributed by atoms with van der Waals surface area (Å²) in [7, 11) is 1.52. The molecule has 2 unspecified atom stereocenters. The molecule has 4 nitrogen and oxygen atoms in total. The summed E-state index contributed by atoms with van der Waals surface area (Å²) in [5, 5.41) is 0. The van der Waals surface area contributed by atoms with Crippen LogP contribution in [0.3, 0.4) is 0 Å².